The molecule has 2 heterocycles. The highest BCUT2D eigenvalue weighted by atomic mass is 32.1. The molecule has 0 amide bonds. The highest BCUT2D eigenvalue weighted by molar-refractivity contribution is 7.14. The van der Waals surface area contributed by atoms with Gasteiger partial charge in [-0.25, -0.2) is 0 Å². The Labute approximate surface area is 168 Å². The summed E-state index contributed by atoms with van der Waals surface area (Å²) >= 11 is 1.60. The number of aryl methyl sites for hydroxylation is 1. The topological polar surface area (TPSA) is 65.2 Å². The summed E-state index contributed by atoms with van der Waals surface area (Å²) < 4.78 is 10.9. The molecule has 2 aromatic heterocycles. The van der Waals surface area contributed by atoms with Crippen molar-refractivity contribution in [2.75, 3.05) is 7.11 Å². The maximum atomic E-state index is 12.8. The zero-order valence-corrected chi connectivity index (χ0v) is 17.0. The monoisotopic (exact) mass is 396 g/mol. The Bertz CT molecular complexity index is 962. The van der Waals surface area contributed by atoms with E-state index in [1.54, 1.807) is 18.4 Å². The second-order valence-electron chi connectivity index (χ2n) is 7.36. The largest absolute Gasteiger partial charge is 0.497 e. The SMILES string of the molecule is COc1cccc(-c2noc(C3CCCC(C(=O)c4ccc(C)s4)CC3)n2)c1. The molecule has 1 fully saturated rings. The zero-order valence-electron chi connectivity index (χ0n) is 16.2. The Balaban J connectivity index is 1.45. The molecule has 1 aromatic carbocycles. The smallest absolute Gasteiger partial charge is 0.230 e. The van der Waals surface area contributed by atoms with E-state index in [0.29, 0.717) is 17.5 Å². The third kappa shape index (κ3) is 4.02. The van der Waals surface area contributed by atoms with Crippen LogP contribution in [0.1, 0.15) is 58.5 Å². The maximum Gasteiger partial charge on any atom is 0.230 e. The molecule has 2 unspecified atom stereocenters. The highest BCUT2D eigenvalue weighted by Gasteiger charge is 2.29. The number of ketones is 1. The Kier molecular flexibility index (Phi) is 5.57. The van der Waals surface area contributed by atoms with Crippen LogP contribution in [0.25, 0.3) is 11.4 Å². The average molecular weight is 397 g/mol. The fourth-order valence-electron chi connectivity index (χ4n) is 3.86. The minimum Gasteiger partial charge on any atom is -0.497 e. The van der Waals surface area contributed by atoms with Gasteiger partial charge in [-0.1, -0.05) is 23.7 Å². The first-order valence-electron chi connectivity index (χ1n) is 9.72. The Hall–Kier alpha value is -2.47. The van der Waals surface area contributed by atoms with Crippen LogP contribution in [0.2, 0.25) is 0 Å². The van der Waals surface area contributed by atoms with Gasteiger partial charge in [0.1, 0.15) is 5.75 Å². The summed E-state index contributed by atoms with van der Waals surface area (Å²) in [5, 5.41) is 4.17. The van der Waals surface area contributed by atoms with Crippen molar-refractivity contribution in [2.24, 2.45) is 5.92 Å². The fourth-order valence-corrected chi connectivity index (χ4v) is 4.75. The molecule has 4 rings (SSSR count). The number of carbonyl (C=O) groups is 1. The molecule has 1 aliphatic carbocycles. The predicted molar refractivity (Wildman–Crippen MR) is 109 cm³/mol. The third-order valence-corrected chi connectivity index (χ3v) is 6.46. The molecule has 0 spiro atoms. The lowest BCUT2D eigenvalue weighted by Crippen LogP contribution is -2.12. The highest BCUT2D eigenvalue weighted by Crippen LogP contribution is 2.36. The molecule has 0 radical (unpaired) electrons. The summed E-state index contributed by atoms with van der Waals surface area (Å²) in [6, 6.07) is 11.6. The van der Waals surface area contributed by atoms with Gasteiger partial charge in [0.15, 0.2) is 5.78 Å². The molecule has 0 bridgehead atoms. The Morgan fingerprint density at radius 1 is 1.18 bits per heavy atom. The molecule has 0 aliphatic heterocycles. The van der Waals surface area contributed by atoms with Gasteiger partial charge in [0, 0.05) is 22.3 Å². The average Bonchev–Trinajstić information content (AvgIpc) is 3.31. The van der Waals surface area contributed by atoms with Crippen molar-refractivity contribution >= 4 is 17.1 Å². The minimum atomic E-state index is 0.101. The summed E-state index contributed by atoms with van der Waals surface area (Å²) in [5.41, 5.74) is 0.879. The number of ether oxygens (including phenoxy) is 1. The van der Waals surface area contributed by atoms with Crippen molar-refractivity contribution in [3.05, 3.63) is 52.0 Å². The number of hydrogen-bond donors (Lipinski definition) is 0. The molecular weight excluding hydrogens is 372 g/mol. The second kappa shape index (κ2) is 8.27. The van der Waals surface area contributed by atoms with E-state index < -0.39 is 0 Å². The van der Waals surface area contributed by atoms with Gasteiger partial charge < -0.3 is 9.26 Å². The van der Waals surface area contributed by atoms with Crippen molar-refractivity contribution in [1.29, 1.82) is 0 Å². The van der Waals surface area contributed by atoms with Crippen molar-refractivity contribution in [3.8, 4) is 17.1 Å². The van der Waals surface area contributed by atoms with E-state index in [1.807, 2.05) is 43.3 Å². The number of Topliss-reactive ketones (excluding diaryl/α,β-unsaturated/α-hetero) is 1. The zero-order chi connectivity index (χ0) is 19.5. The molecular formula is C22H24N2O3S. The summed E-state index contributed by atoms with van der Waals surface area (Å²) in [6.45, 7) is 2.04. The molecule has 1 aliphatic rings. The van der Waals surface area contributed by atoms with Gasteiger partial charge >= 0.3 is 0 Å². The van der Waals surface area contributed by atoms with E-state index in [4.69, 9.17) is 9.26 Å². The number of thiophene rings is 1. The normalized spacial score (nSPS) is 19.9. The summed E-state index contributed by atoms with van der Waals surface area (Å²) in [4.78, 5) is 19.5. The molecule has 146 valence electrons. The van der Waals surface area contributed by atoms with E-state index in [0.717, 1.165) is 48.3 Å². The van der Waals surface area contributed by atoms with Gasteiger partial charge in [-0.3, -0.25) is 4.79 Å². The number of rotatable bonds is 5. The van der Waals surface area contributed by atoms with Crippen LogP contribution in [0.15, 0.2) is 40.9 Å². The standard InChI is InChI=1S/C22H24N2O3S/c1-14-9-12-19(28-14)20(25)15-5-3-6-16(11-10-15)22-23-21(24-27-22)17-7-4-8-18(13-17)26-2/h4,7-9,12-13,15-16H,3,5-6,10-11H2,1-2H3. The van der Waals surface area contributed by atoms with E-state index in [2.05, 4.69) is 10.1 Å². The number of hydrogen-bond acceptors (Lipinski definition) is 6. The first-order chi connectivity index (χ1) is 13.6. The van der Waals surface area contributed by atoms with Crippen LogP contribution in [0.4, 0.5) is 0 Å². The van der Waals surface area contributed by atoms with Crippen LogP contribution >= 0.6 is 11.3 Å². The van der Waals surface area contributed by atoms with Crippen molar-refractivity contribution in [2.45, 2.75) is 44.9 Å². The second-order valence-corrected chi connectivity index (χ2v) is 8.65. The molecule has 2 atom stereocenters. The van der Waals surface area contributed by atoms with Crippen molar-refractivity contribution in [1.82, 2.24) is 10.1 Å². The number of carbonyl (C=O) groups excluding carboxylic acids is 1. The Morgan fingerprint density at radius 2 is 2.07 bits per heavy atom. The molecule has 3 aromatic rings. The first-order valence-corrected chi connectivity index (χ1v) is 10.5. The summed E-state index contributed by atoms with van der Waals surface area (Å²) in [7, 11) is 1.64. The van der Waals surface area contributed by atoms with Crippen LogP contribution in [0.5, 0.6) is 5.75 Å². The van der Waals surface area contributed by atoms with Crippen molar-refractivity contribution < 1.29 is 14.1 Å². The lowest BCUT2D eigenvalue weighted by atomic mass is 9.93. The van der Waals surface area contributed by atoms with E-state index >= 15 is 0 Å². The molecule has 1 saturated carbocycles. The van der Waals surface area contributed by atoms with Gasteiger partial charge in [-0.2, -0.15) is 4.98 Å². The van der Waals surface area contributed by atoms with Crippen molar-refractivity contribution in [3.63, 3.8) is 0 Å². The number of methoxy groups -OCH3 is 1. The Morgan fingerprint density at radius 3 is 2.86 bits per heavy atom. The van der Waals surface area contributed by atoms with E-state index in [-0.39, 0.29) is 11.8 Å². The van der Waals surface area contributed by atoms with E-state index in [1.165, 1.54) is 4.88 Å². The van der Waals surface area contributed by atoms with Gasteiger partial charge in [0.05, 0.1) is 12.0 Å². The lowest BCUT2D eigenvalue weighted by molar-refractivity contribution is 0.0911. The first kappa shape index (κ1) is 18.9. The van der Waals surface area contributed by atoms with Crippen LogP contribution in [-0.2, 0) is 0 Å². The molecule has 5 nitrogen and oxygen atoms in total. The third-order valence-electron chi connectivity index (χ3n) is 5.44. The molecule has 0 N–H and O–H groups in total. The minimum absolute atomic E-state index is 0.101. The van der Waals surface area contributed by atoms with Gasteiger partial charge in [0.25, 0.3) is 0 Å². The number of nitrogens with zero attached hydrogens (tertiary/aromatic N) is 2. The predicted octanol–water partition coefficient (Wildman–Crippen LogP) is 5.66. The summed E-state index contributed by atoms with van der Waals surface area (Å²) in [5.74, 6) is 2.64. The lowest BCUT2D eigenvalue weighted by Gasteiger charge is -2.11. The van der Waals surface area contributed by atoms with Gasteiger partial charge in [0.2, 0.25) is 11.7 Å². The summed E-state index contributed by atoms with van der Waals surface area (Å²) in [6.07, 6.45) is 4.69. The molecule has 0 saturated heterocycles. The van der Waals surface area contributed by atoms with Crippen LogP contribution in [-0.4, -0.2) is 23.0 Å². The van der Waals surface area contributed by atoms with Crippen LogP contribution in [0.3, 0.4) is 0 Å². The quantitative estimate of drug-likeness (QED) is 0.411. The van der Waals surface area contributed by atoms with Gasteiger partial charge in [-0.15, -0.1) is 11.3 Å². The number of benzene rings is 1. The fraction of sp³-hybridized carbons (Fsp3) is 0.409. The van der Waals surface area contributed by atoms with E-state index in [9.17, 15) is 4.79 Å². The van der Waals surface area contributed by atoms with Crippen LogP contribution < -0.4 is 4.74 Å². The van der Waals surface area contributed by atoms with Crippen LogP contribution in [0, 0.1) is 12.8 Å². The number of aromatic nitrogens is 2. The molecule has 28 heavy (non-hydrogen) atoms. The van der Waals surface area contributed by atoms with Gasteiger partial charge in [-0.05, 0) is 56.9 Å². The molecule has 6 heteroatoms. The maximum absolute atomic E-state index is 12.8.